The van der Waals surface area contributed by atoms with Crippen molar-refractivity contribution in [1.29, 1.82) is 0 Å². The first-order valence-corrected chi connectivity index (χ1v) is 4.81. The van der Waals surface area contributed by atoms with Gasteiger partial charge in [-0.05, 0) is 13.0 Å². The minimum Gasteiger partial charge on any atom is -0.382 e. The molecule has 0 aliphatic carbocycles. The number of carbonyl (C=O) groups is 1. The molecule has 0 fully saturated rings. The van der Waals surface area contributed by atoms with Crippen molar-refractivity contribution < 1.29 is 14.3 Å². The fraction of sp³-hybridized carbons (Fsp3) is 0.889. The molecule has 1 atom stereocenters. The summed E-state index contributed by atoms with van der Waals surface area (Å²) in [6.07, 6.45) is 0.604. The number of carbonyl (C=O) groups excluding carboxylic acids is 1. The van der Waals surface area contributed by atoms with E-state index in [0.29, 0.717) is 26.2 Å². The van der Waals surface area contributed by atoms with E-state index in [9.17, 15) is 4.79 Å². The maximum Gasteiger partial charge on any atom is 0.234 e. The lowest BCUT2D eigenvalue weighted by Gasteiger charge is -2.13. The molecule has 0 radical (unpaired) electrons. The van der Waals surface area contributed by atoms with Crippen LogP contribution in [-0.4, -0.2) is 45.4 Å². The molecule has 1 unspecified atom stereocenters. The second-order valence-corrected chi connectivity index (χ2v) is 2.91. The van der Waals surface area contributed by atoms with E-state index in [0.717, 1.165) is 6.54 Å². The van der Waals surface area contributed by atoms with E-state index in [1.165, 1.54) is 0 Å². The van der Waals surface area contributed by atoms with Gasteiger partial charge in [0.05, 0.1) is 19.3 Å². The summed E-state index contributed by atoms with van der Waals surface area (Å²) < 4.78 is 10.0. The molecule has 0 spiro atoms. The molecular weight excluding hydrogens is 184 g/mol. The zero-order chi connectivity index (χ0) is 10.8. The molecule has 0 heterocycles. The van der Waals surface area contributed by atoms with Crippen LogP contribution in [0.25, 0.3) is 0 Å². The summed E-state index contributed by atoms with van der Waals surface area (Å²) in [5.41, 5.74) is 5.18. The van der Waals surface area contributed by atoms with E-state index in [2.05, 4.69) is 5.32 Å². The van der Waals surface area contributed by atoms with Gasteiger partial charge in [-0.15, -0.1) is 0 Å². The average Bonchev–Trinajstić information content (AvgIpc) is 2.15. The van der Waals surface area contributed by atoms with Crippen molar-refractivity contribution >= 4 is 5.91 Å². The predicted octanol–water partition coefficient (Wildman–Crippen LogP) is -0.497. The third-order valence-electron chi connectivity index (χ3n) is 1.78. The van der Waals surface area contributed by atoms with Crippen LogP contribution in [0.5, 0.6) is 0 Å². The molecule has 0 aliphatic rings. The Kier molecular flexibility index (Phi) is 8.51. The number of nitrogens with one attached hydrogen (secondary N) is 1. The SMILES string of the molecule is CCNC(CCOCCOC)C(N)=O. The molecule has 0 bridgehead atoms. The topological polar surface area (TPSA) is 73.6 Å². The van der Waals surface area contributed by atoms with E-state index in [1.807, 2.05) is 6.92 Å². The maximum atomic E-state index is 10.9. The molecule has 0 aromatic rings. The van der Waals surface area contributed by atoms with Crippen molar-refractivity contribution in [2.75, 3.05) is 33.5 Å². The molecule has 0 aromatic heterocycles. The Labute approximate surface area is 84.9 Å². The Morgan fingerprint density at radius 3 is 2.64 bits per heavy atom. The lowest BCUT2D eigenvalue weighted by molar-refractivity contribution is -0.120. The lowest BCUT2D eigenvalue weighted by atomic mass is 10.2. The first-order chi connectivity index (χ1) is 6.72. The Morgan fingerprint density at radius 1 is 1.43 bits per heavy atom. The molecular formula is C9H20N2O3. The molecule has 14 heavy (non-hydrogen) atoms. The van der Waals surface area contributed by atoms with Crippen molar-refractivity contribution in [1.82, 2.24) is 5.32 Å². The van der Waals surface area contributed by atoms with Crippen LogP contribution in [0.2, 0.25) is 0 Å². The molecule has 0 aromatic carbocycles. The monoisotopic (exact) mass is 204 g/mol. The van der Waals surface area contributed by atoms with E-state index in [4.69, 9.17) is 15.2 Å². The Hall–Kier alpha value is -0.650. The normalized spacial score (nSPS) is 12.7. The number of nitrogens with two attached hydrogens (primary N) is 1. The second-order valence-electron chi connectivity index (χ2n) is 2.91. The van der Waals surface area contributed by atoms with Gasteiger partial charge in [0.15, 0.2) is 0 Å². The molecule has 0 aliphatic heterocycles. The van der Waals surface area contributed by atoms with Gasteiger partial charge in [0.2, 0.25) is 5.91 Å². The molecule has 0 saturated heterocycles. The van der Waals surface area contributed by atoms with Gasteiger partial charge in [0, 0.05) is 13.7 Å². The number of likely N-dealkylation sites (N-methyl/N-ethyl adjacent to an activating group) is 1. The van der Waals surface area contributed by atoms with Crippen molar-refractivity contribution in [3.63, 3.8) is 0 Å². The van der Waals surface area contributed by atoms with Crippen molar-refractivity contribution in [3.8, 4) is 0 Å². The van der Waals surface area contributed by atoms with Gasteiger partial charge >= 0.3 is 0 Å². The molecule has 3 N–H and O–H groups in total. The summed E-state index contributed by atoms with van der Waals surface area (Å²) >= 11 is 0. The summed E-state index contributed by atoms with van der Waals surface area (Å²) in [4.78, 5) is 10.9. The van der Waals surface area contributed by atoms with E-state index < -0.39 is 0 Å². The summed E-state index contributed by atoms with van der Waals surface area (Å²) in [5, 5.41) is 2.99. The van der Waals surface area contributed by atoms with Crippen LogP contribution in [0.3, 0.4) is 0 Å². The van der Waals surface area contributed by atoms with Crippen LogP contribution in [0.4, 0.5) is 0 Å². The number of hydrogen-bond acceptors (Lipinski definition) is 4. The minimum atomic E-state index is -0.331. The molecule has 5 nitrogen and oxygen atoms in total. The second kappa shape index (κ2) is 8.93. The third kappa shape index (κ3) is 6.82. The predicted molar refractivity (Wildman–Crippen MR) is 54.0 cm³/mol. The first kappa shape index (κ1) is 13.4. The fourth-order valence-corrected chi connectivity index (χ4v) is 1.04. The first-order valence-electron chi connectivity index (χ1n) is 4.81. The number of rotatable bonds is 9. The quantitative estimate of drug-likeness (QED) is 0.497. The summed E-state index contributed by atoms with van der Waals surface area (Å²) in [5.74, 6) is -0.331. The summed E-state index contributed by atoms with van der Waals surface area (Å²) in [6.45, 7) is 4.30. The summed E-state index contributed by atoms with van der Waals surface area (Å²) in [7, 11) is 1.62. The Balaban J connectivity index is 3.46. The highest BCUT2D eigenvalue weighted by molar-refractivity contribution is 5.79. The van der Waals surface area contributed by atoms with Crippen LogP contribution in [0, 0.1) is 0 Å². The van der Waals surface area contributed by atoms with Gasteiger partial charge in [0.1, 0.15) is 0 Å². The van der Waals surface area contributed by atoms with Crippen LogP contribution < -0.4 is 11.1 Å². The highest BCUT2D eigenvalue weighted by atomic mass is 16.5. The van der Waals surface area contributed by atoms with E-state index in [-0.39, 0.29) is 11.9 Å². The van der Waals surface area contributed by atoms with E-state index in [1.54, 1.807) is 7.11 Å². The van der Waals surface area contributed by atoms with Gasteiger partial charge in [-0.3, -0.25) is 4.79 Å². The lowest BCUT2D eigenvalue weighted by Crippen LogP contribution is -2.41. The largest absolute Gasteiger partial charge is 0.382 e. The zero-order valence-corrected chi connectivity index (χ0v) is 8.91. The molecule has 0 saturated carbocycles. The zero-order valence-electron chi connectivity index (χ0n) is 8.91. The van der Waals surface area contributed by atoms with Gasteiger partial charge in [0.25, 0.3) is 0 Å². The van der Waals surface area contributed by atoms with Gasteiger partial charge in [-0.25, -0.2) is 0 Å². The highest BCUT2D eigenvalue weighted by Crippen LogP contribution is 1.92. The molecule has 1 amide bonds. The average molecular weight is 204 g/mol. The van der Waals surface area contributed by atoms with Crippen LogP contribution >= 0.6 is 0 Å². The Morgan fingerprint density at radius 2 is 2.14 bits per heavy atom. The fourth-order valence-electron chi connectivity index (χ4n) is 1.04. The highest BCUT2D eigenvalue weighted by Gasteiger charge is 2.12. The standard InChI is InChI=1S/C9H20N2O3/c1-3-11-8(9(10)12)4-5-14-7-6-13-2/h8,11H,3-7H2,1-2H3,(H2,10,12). The van der Waals surface area contributed by atoms with E-state index >= 15 is 0 Å². The van der Waals surface area contributed by atoms with Crippen molar-refractivity contribution in [2.24, 2.45) is 5.73 Å². The smallest absolute Gasteiger partial charge is 0.234 e. The van der Waals surface area contributed by atoms with Gasteiger partial charge in [-0.2, -0.15) is 0 Å². The van der Waals surface area contributed by atoms with Gasteiger partial charge < -0.3 is 20.5 Å². The number of hydrogen-bond donors (Lipinski definition) is 2. The van der Waals surface area contributed by atoms with Crippen molar-refractivity contribution in [2.45, 2.75) is 19.4 Å². The number of methoxy groups -OCH3 is 1. The van der Waals surface area contributed by atoms with Crippen LogP contribution in [0.15, 0.2) is 0 Å². The third-order valence-corrected chi connectivity index (χ3v) is 1.78. The van der Waals surface area contributed by atoms with Crippen LogP contribution in [-0.2, 0) is 14.3 Å². The number of primary amides is 1. The van der Waals surface area contributed by atoms with Gasteiger partial charge in [-0.1, -0.05) is 6.92 Å². The number of amides is 1. The molecule has 0 rings (SSSR count). The maximum absolute atomic E-state index is 10.9. The number of ether oxygens (including phenoxy) is 2. The minimum absolute atomic E-state index is 0.289. The summed E-state index contributed by atoms with van der Waals surface area (Å²) in [6, 6.07) is -0.289. The Bertz CT molecular complexity index is 153. The molecule has 84 valence electrons. The van der Waals surface area contributed by atoms with Crippen LogP contribution in [0.1, 0.15) is 13.3 Å². The van der Waals surface area contributed by atoms with Crippen molar-refractivity contribution in [3.05, 3.63) is 0 Å². The molecule has 5 heteroatoms.